The zero-order valence-electron chi connectivity index (χ0n) is 17.3. The topological polar surface area (TPSA) is 104 Å². The second kappa shape index (κ2) is 9.35. The van der Waals surface area contributed by atoms with E-state index < -0.39 is 17.4 Å². The number of nitrogens with one attached hydrogen (secondary N) is 3. The molecule has 0 aliphatic carbocycles. The summed E-state index contributed by atoms with van der Waals surface area (Å²) in [6, 6.07) is 13.4. The Morgan fingerprint density at radius 3 is 2.50 bits per heavy atom. The number of thioether (sulfide) groups is 1. The number of carbonyl (C=O) groups excluding carboxylic acids is 2. The summed E-state index contributed by atoms with van der Waals surface area (Å²) in [4.78, 5) is 45.0. The van der Waals surface area contributed by atoms with E-state index in [1.165, 1.54) is 23.9 Å². The lowest BCUT2D eigenvalue weighted by atomic mass is 9.92. The van der Waals surface area contributed by atoms with E-state index in [1.807, 2.05) is 19.1 Å². The molecule has 0 unspecified atom stereocenters. The van der Waals surface area contributed by atoms with E-state index in [-0.39, 0.29) is 29.5 Å². The molecule has 32 heavy (non-hydrogen) atoms. The maximum absolute atomic E-state index is 13.1. The average molecular weight is 453 g/mol. The molecule has 0 bridgehead atoms. The van der Waals surface area contributed by atoms with Crippen LogP contribution >= 0.6 is 11.8 Å². The first-order valence-electron chi connectivity index (χ1n) is 10.1. The molecule has 0 spiro atoms. The van der Waals surface area contributed by atoms with Crippen LogP contribution in [0.15, 0.2) is 58.5 Å². The SMILES string of the molecule is CCc1ccc(NC(=O)[C@H]2CC(=O)Nc3nc(SCc4ccc(F)cc4)[nH]c(=O)c32)cc1. The Balaban J connectivity index is 1.54. The molecule has 1 atom stereocenters. The Morgan fingerprint density at radius 2 is 1.81 bits per heavy atom. The molecule has 3 aromatic rings. The minimum Gasteiger partial charge on any atom is -0.326 e. The zero-order valence-corrected chi connectivity index (χ0v) is 18.1. The summed E-state index contributed by atoms with van der Waals surface area (Å²) in [5.74, 6) is -1.55. The van der Waals surface area contributed by atoms with Crippen molar-refractivity contribution in [3.63, 3.8) is 0 Å². The number of aromatic amines is 1. The molecule has 2 heterocycles. The highest BCUT2D eigenvalue weighted by Gasteiger charge is 2.34. The van der Waals surface area contributed by atoms with E-state index in [0.29, 0.717) is 16.6 Å². The number of anilines is 2. The Hall–Kier alpha value is -3.46. The van der Waals surface area contributed by atoms with E-state index in [1.54, 1.807) is 24.3 Å². The van der Waals surface area contributed by atoms with Gasteiger partial charge in [-0.1, -0.05) is 43.0 Å². The number of H-pyrrole nitrogens is 1. The molecule has 4 rings (SSSR count). The molecule has 164 valence electrons. The van der Waals surface area contributed by atoms with Crippen LogP contribution in [0.2, 0.25) is 0 Å². The van der Waals surface area contributed by atoms with Crippen molar-refractivity contribution >= 4 is 35.1 Å². The van der Waals surface area contributed by atoms with Crippen molar-refractivity contribution in [2.45, 2.75) is 36.6 Å². The fourth-order valence-corrected chi connectivity index (χ4v) is 4.24. The number of hydrogen-bond donors (Lipinski definition) is 3. The van der Waals surface area contributed by atoms with Crippen molar-refractivity contribution in [2.24, 2.45) is 0 Å². The molecular weight excluding hydrogens is 431 g/mol. The monoisotopic (exact) mass is 452 g/mol. The van der Waals surface area contributed by atoms with E-state index in [2.05, 4.69) is 20.6 Å². The Bertz CT molecular complexity index is 1210. The number of nitrogens with zero attached hydrogens (tertiary/aromatic N) is 1. The number of halogens is 1. The summed E-state index contributed by atoms with van der Waals surface area (Å²) in [5.41, 5.74) is 2.25. The van der Waals surface area contributed by atoms with E-state index in [4.69, 9.17) is 0 Å². The molecule has 1 aromatic heterocycles. The molecule has 0 radical (unpaired) electrons. The van der Waals surface area contributed by atoms with Gasteiger partial charge in [0.05, 0.1) is 11.5 Å². The molecule has 2 aromatic carbocycles. The molecule has 2 amide bonds. The van der Waals surface area contributed by atoms with Gasteiger partial charge in [-0.3, -0.25) is 14.4 Å². The molecule has 0 saturated heterocycles. The van der Waals surface area contributed by atoms with Gasteiger partial charge in [0.1, 0.15) is 11.6 Å². The molecule has 9 heteroatoms. The van der Waals surface area contributed by atoms with Crippen molar-refractivity contribution in [2.75, 3.05) is 10.6 Å². The van der Waals surface area contributed by atoms with Crippen LogP contribution < -0.4 is 16.2 Å². The van der Waals surface area contributed by atoms with E-state index in [9.17, 15) is 18.8 Å². The predicted octanol–water partition coefficient (Wildman–Crippen LogP) is 3.83. The van der Waals surface area contributed by atoms with Gasteiger partial charge < -0.3 is 15.6 Å². The maximum atomic E-state index is 13.1. The molecule has 0 fully saturated rings. The highest BCUT2D eigenvalue weighted by molar-refractivity contribution is 7.98. The minimum atomic E-state index is -0.947. The van der Waals surface area contributed by atoms with Gasteiger partial charge in [0.15, 0.2) is 5.16 Å². The third kappa shape index (κ3) is 4.88. The van der Waals surface area contributed by atoms with Crippen molar-refractivity contribution in [1.82, 2.24) is 9.97 Å². The Labute approximate surface area is 187 Å². The van der Waals surface area contributed by atoms with Crippen molar-refractivity contribution in [3.05, 3.63) is 81.4 Å². The third-order valence-corrected chi connectivity index (χ3v) is 6.11. The van der Waals surface area contributed by atoms with E-state index in [0.717, 1.165) is 17.5 Å². The van der Waals surface area contributed by atoms with Gasteiger partial charge in [-0.05, 0) is 41.8 Å². The summed E-state index contributed by atoms with van der Waals surface area (Å²) >= 11 is 1.24. The second-order valence-electron chi connectivity index (χ2n) is 7.39. The lowest BCUT2D eigenvalue weighted by Crippen LogP contribution is -2.36. The first kappa shape index (κ1) is 21.8. The lowest BCUT2D eigenvalue weighted by molar-refractivity contribution is -0.123. The van der Waals surface area contributed by atoms with Crippen LogP contribution in [0.5, 0.6) is 0 Å². The van der Waals surface area contributed by atoms with Gasteiger partial charge in [0.25, 0.3) is 5.56 Å². The van der Waals surface area contributed by atoms with Gasteiger partial charge in [0.2, 0.25) is 11.8 Å². The molecule has 1 aliphatic heterocycles. The van der Waals surface area contributed by atoms with Crippen molar-refractivity contribution in [1.29, 1.82) is 0 Å². The normalized spacial score (nSPS) is 15.1. The molecular formula is C23H21FN4O3S. The fraction of sp³-hybridized carbons (Fsp3) is 0.217. The van der Waals surface area contributed by atoms with Crippen LogP contribution in [0.1, 0.15) is 36.0 Å². The number of aromatic nitrogens is 2. The highest BCUT2D eigenvalue weighted by Crippen LogP contribution is 2.31. The number of rotatable bonds is 6. The van der Waals surface area contributed by atoms with Crippen molar-refractivity contribution in [3.8, 4) is 0 Å². The number of amides is 2. The first-order chi connectivity index (χ1) is 15.4. The summed E-state index contributed by atoms with van der Waals surface area (Å²) in [7, 11) is 0. The smallest absolute Gasteiger partial charge is 0.257 e. The number of aryl methyl sites for hydroxylation is 1. The van der Waals surface area contributed by atoms with Crippen LogP contribution in [0.3, 0.4) is 0 Å². The Morgan fingerprint density at radius 1 is 1.12 bits per heavy atom. The van der Waals surface area contributed by atoms with Gasteiger partial charge in [-0.25, -0.2) is 9.37 Å². The minimum absolute atomic E-state index is 0.0908. The zero-order chi connectivity index (χ0) is 22.7. The Kier molecular flexibility index (Phi) is 6.36. The third-order valence-electron chi connectivity index (χ3n) is 5.16. The summed E-state index contributed by atoms with van der Waals surface area (Å²) in [6.45, 7) is 2.04. The summed E-state index contributed by atoms with van der Waals surface area (Å²) in [5, 5.41) is 5.68. The van der Waals surface area contributed by atoms with Crippen LogP contribution in [-0.4, -0.2) is 21.8 Å². The summed E-state index contributed by atoms with van der Waals surface area (Å²) in [6.07, 6.45) is 0.742. The van der Waals surface area contributed by atoms with Crippen molar-refractivity contribution < 1.29 is 14.0 Å². The first-order valence-corrected chi connectivity index (χ1v) is 11.1. The van der Waals surface area contributed by atoms with Gasteiger partial charge in [-0.15, -0.1) is 0 Å². The highest BCUT2D eigenvalue weighted by atomic mass is 32.2. The largest absolute Gasteiger partial charge is 0.326 e. The fourth-order valence-electron chi connectivity index (χ4n) is 3.43. The molecule has 7 nitrogen and oxygen atoms in total. The molecule has 3 N–H and O–H groups in total. The van der Waals surface area contributed by atoms with Gasteiger partial charge in [0, 0.05) is 17.9 Å². The maximum Gasteiger partial charge on any atom is 0.257 e. The molecule has 0 saturated carbocycles. The predicted molar refractivity (Wildman–Crippen MR) is 121 cm³/mol. The van der Waals surface area contributed by atoms with E-state index >= 15 is 0 Å². The van der Waals surface area contributed by atoms with Gasteiger partial charge >= 0.3 is 0 Å². The quantitative estimate of drug-likeness (QED) is 0.390. The van der Waals surface area contributed by atoms with Crippen LogP contribution in [-0.2, 0) is 21.8 Å². The van der Waals surface area contributed by atoms with Crippen LogP contribution in [0.25, 0.3) is 0 Å². The standard InChI is InChI=1S/C23H21FN4O3S/c1-2-13-5-9-16(10-6-13)25-21(30)17-11-18(29)26-20-19(17)22(31)28-23(27-20)32-12-14-3-7-15(24)8-4-14/h3-10,17H,2,11-12H2,1H3,(H,25,30)(H2,26,27,28,29,31)/t17-/m0/s1. The second-order valence-corrected chi connectivity index (χ2v) is 8.36. The number of benzene rings is 2. The molecule has 1 aliphatic rings. The number of fused-ring (bicyclic) bond motifs is 1. The average Bonchev–Trinajstić information content (AvgIpc) is 2.78. The number of carbonyl (C=O) groups is 2. The van der Waals surface area contributed by atoms with Crippen LogP contribution in [0, 0.1) is 5.82 Å². The van der Waals surface area contributed by atoms with Crippen LogP contribution in [0.4, 0.5) is 15.9 Å². The lowest BCUT2D eigenvalue weighted by Gasteiger charge is -2.23. The summed E-state index contributed by atoms with van der Waals surface area (Å²) < 4.78 is 13.1. The van der Waals surface area contributed by atoms with Gasteiger partial charge in [-0.2, -0.15) is 0 Å². The number of hydrogen-bond acceptors (Lipinski definition) is 5.